The van der Waals surface area contributed by atoms with Crippen LogP contribution < -0.4 is 4.74 Å². The maximum Gasteiger partial charge on any atom is 0.170 e. The molecule has 1 spiro atoms. The van der Waals surface area contributed by atoms with Crippen LogP contribution in [-0.4, -0.2) is 11.4 Å². The van der Waals surface area contributed by atoms with Gasteiger partial charge >= 0.3 is 0 Å². The van der Waals surface area contributed by atoms with E-state index < -0.39 is 0 Å². The fourth-order valence-corrected chi connectivity index (χ4v) is 3.69. The van der Waals surface area contributed by atoms with Crippen LogP contribution in [0.2, 0.25) is 0 Å². The molecule has 0 amide bonds. The van der Waals surface area contributed by atoms with Gasteiger partial charge in [-0.1, -0.05) is 36.8 Å². The lowest BCUT2D eigenvalue weighted by Crippen LogP contribution is -2.43. The van der Waals surface area contributed by atoms with Crippen molar-refractivity contribution in [3.05, 3.63) is 42.0 Å². The summed E-state index contributed by atoms with van der Waals surface area (Å²) in [4.78, 5) is 12.5. The highest BCUT2D eigenvalue weighted by Gasteiger charge is 2.41. The van der Waals surface area contributed by atoms with E-state index in [-0.39, 0.29) is 11.4 Å². The Hall–Kier alpha value is -1.83. The molecule has 0 unspecified atom stereocenters. The number of benzene rings is 2. The Bertz CT molecular complexity index is 681. The Labute approximate surface area is 118 Å². The third kappa shape index (κ3) is 1.75. The van der Waals surface area contributed by atoms with Crippen molar-refractivity contribution in [1.29, 1.82) is 0 Å². The highest BCUT2D eigenvalue weighted by Crippen LogP contribution is 2.44. The fraction of sp³-hybridized carbons (Fsp3) is 0.389. The van der Waals surface area contributed by atoms with Gasteiger partial charge in [0.1, 0.15) is 11.4 Å². The molecule has 1 aliphatic carbocycles. The molecule has 0 N–H and O–H groups in total. The summed E-state index contributed by atoms with van der Waals surface area (Å²) in [5.41, 5.74) is 0.534. The SMILES string of the molecule is O=C1CC2(CCCCC2)Oc2c1ccc1ccccc21. The molecule has 0 bridgehead atoms. The van der Waals surface area contributed by atoms with Gasteiger partial charge in [-0.25, -0.2) is 0 Å². The number of fused-ring (bicyclic) bond motifs is 3. The molecule has 2 heteroatoms. The molecule has 2 aromatic carbocycles. The third-order valence-electron chi connectivity index (χ3n) is 4.75. The first-order chi connectivity index (χ1) is 9.77. The zero-order chi connectivity index (χ0) is 13.6. The van der Waals surface area contributed by atoms with Crippen LogP contribution in [0.15, 0.2) is 36.4 Å². The molecule has 2 nitrogen and oxygen atoms in total. The first-order valence-electron chi connectivity index (χ1n) is 7.51. The van der Waals surface area contributed by atoms with Gasteiger partial charge in [0.05, 0.1) is 12.0 Å². The van der Waals surface area contributed by atoms with E-state index >= 15 is 0 Å². The Kier molecular flexibility index (Phi) is 2.59. The van der Waals surface area contributed by atoms with Gasteiger partial charge in [0.25, 0.3) is 0 Å². The number of hydrogen-bond acceptors (Lipinski definition) is 2. The number of Topliss-reactive ketones (excluding diaryl/α,β-unsaturated/α-hetero) is 1. The van der Waals surface area contributed by atoms with Gasteiger partial charge in [-0.3, -0.25) is 4.79 Å². The van der Waals surface area contributed by atoms with Crippen molar-refractivity contribution in [2.45, 2.75) is 44.1 Å². The summed E-state index contributed by atoms with van der Waals surface area (Å²) in [7, 11) is 0. The standard InChI is InChI=1S/C18H18O2/c19-16-12-18(10-4-1-5-11-18)20-17-14-7-3-2-6-13(14)8-9-15(16)17/h2-3,6-9H,1,4-5,10-12H2. The second kappa shape index (κ2) is 4.34. The summed E-state index contributed by atoms with van der Waals surface area (Å²) in [6, 6.07) is 12.1. The van der Waals surface area contributed by atoms with E-state index in [1.54, 1.807) is 0 Å². The van der Waals surface area contributed by atoms with Crippen LogP contribution >= 0.6 is 0 Å². The molecule has 1 saturated carbocycles. The van der Waals surface area contributed by atoms with E-state index in [1.807, 2.05) is 24.3 Å². The first-order valence-corrected chi connectivity index (χ1v) is 7.51. The number of hydrogen-bond donors (Lipinski definition) is 0. The highest BCUT2D eigenvalue weighted by molar-refractivity contribution is 6.06. The van der Waals surface area contributed by atoms with Crippen molar-refractivity contribution in [2.75, 3.05) is 0 Å². The van der Waals surface area contributed by atoms with Crippen LogP contribution in [0, 0.1) is 0 Å². The smallest absolute Gasteiger partial charge is 0.170 e. The minimum atomic E-state index is -0.230. The fourth-order valence-electron chi connectivity index (χ4n) is 3.69. The molecule has 2 aromatic rings. The van der Waals surface area contributed by atoms with Crippen molar-refractivity contribution in [3.8, 4) is 5.75 Å². The van der Waals surface area contributed by atoms with Gasteiger partial charge in [0, 0.05) is 5.39 Å². The summed E-state index contributed by atoms with van der Waals surface area (Å²) in [5.74, 6) is 1.07. The number of carbonyl (C=O) groups is 1. The number of ether oxygens (including phenoxy) is 1. The Balaban J connectivity index is 1.88. The summed E-state index contributed by atoms with van der Waals surface area (Å²) >= 11 is 0. The normalized spacial score (nSPS) is 20.7. The molecule has 20 heavy (non-hydrogen) atoms. The van der Waals surface area contributed by atoms with E-state index in [9.17, 15) is 4.79 Å². The van der Waals surface area contributed by atoms with Gasteiger partial charge in [0.15, 0.2) is 5.78 Å². The van der Waals surface area contributed by atoms with Crippen LogP contribution in [0.4, 0.5) is 0 Å². The quantitative estimate of drug-likeness (QED) is 0.701. The number of ketones is 1. The zero-order valence-electron chi connectivity index (χ0n) is 11.5. The molecule has 0 radical (unpaired) electrons. The predicted octanol–water partition coefficient (Wildman–Crippen LogP) is 4.51. The van der Waals surface area contributed by atoms with Crippen molar-refractivity contribution in [3.63, 3.8) is 0 Å². The summed E-state index contributed by atoms with van der Waals surface area (Å²) < 4.78 is 6.42. The number of rotatable bonds is 0. The Morgan fingerprint density at radius 3 is 2.60 bits per heavy atom. The first kappa shape index (κ1) is 12.0. The lowest BCUT2D eigenvalue weighted by Gasteiger charge is -2.41. The topological polar surface area (TPSA) is 26.3 Å². The lowest BCUT2D eigenvalue weighted by molar-refractivity contribution is 0.0149. The molecule has 2 aliphatic rings. The van der Waals surface area contributed by atoms with Crippen LogP contribution in [0.1, 0.15) is 48.9 Å². The molecule has 0 aromatic heterocycles. The van der Waals surface area contributed by atoms with Gasteiger partial charge < -0.3 is 4.74 Å². The predicted molar refractivity (Wildman–Crippen MR) is 79.3 cm³/mol. The average Bonchev–Trinajstić information content (AvgIpc) is 2.48. The minimum absolute atomic E-state index is 0.230. The molecule has 4 rings (SSSR count). The molecular weight excluding hydrogens is 248 g/mol. The summed E-state index contributed by atoms with van der Waals surface area (Å²) in [6.45, 7) is 0. The average molecular weight is 266 g/mol. The van der Waals surface area contributed by atoms with Crippen molar-refractivity contribution < 1.29 is 9.53 Å². The largest absolute Gasteiger partial charge is 0.485 e. The zero-order valence-corrected chi connectivity index (χ0v) is 11.5. The maximum absolute atomic E-state index is 12.5. The van der Waals surface area contributed by atoms with Crippen LogP contribution in [-0.2, 0) is 0 Å². The van der Waals surface area contributed by atoms with Gasteiger partial charge in [-0.2, -0.15) is 0 Å². The minimum Gasteiger partial charge on any atom is -0.485 e. The lowest BCUT2D eigenvalue weighted by atomic mass is 9.78. The second-order valence-electron chi connectivity index (χ2n) is 6.11. The van der Waals surface area contributed by atoms with Crippen LogP contribution in [0.3, 0.4) is 0 Å². The molecule has 102 valence electrons. The maximum atomic E-state index is 12.5. The summed E-state index contributed by atoms with van der Waals surface area (Å²) in [6.07, 6.45) is 6.20. The third-order valence-corrected chi connectivity index (χ3v) is 4.75. The highest BCUT2D eigenvalue weighted by atomic mass is 16.5. The molecule has 1 heterocycles. The second-order valence-corrected chi connectivity index (χ2v) is 6.11. The van der Waals surface area contributed by atoms with E-state index in [0.717, 1.165) is 34.9 Å². The van der Waals surface area contributed by atoms with E-state index in [1.165, 1.54) is 19.3 Å². The summed E-state index contributed by atoms with van der Waals surface area (Å²) in [5, 5.41) is 2.22. The van der Waals surface area contributed by atoms with E-state index in [0.29, 0.717) is 6.42 Å². The molecule has 0 atom stereocenters. The van der Waals surface area contributed by atoms with Crippen molar-refractivity contribution in [1.82, 2.24) is 0 Å². The molecular formula is C18H18O2. The van der Waals surface area contributed by atoms with E-state index in [2.05, 4.69) is 12.1 Å². The Morgan fingerprint density at radius 1 is 0.950 bits per heavy atom. The van der Waals surface area contributed by atoms with Gasteiger partial charge in [-0.05, 0) is 37.1 Å². The molecule has 1 fully saturated rings. The Morgan fingerprint density at radius 2 is 1.75 bits per heavy atom. The van der Waals surface area contributed by atoms with Crippen LogP contribution in [0.25, 0.3) is 10.8 Å². The van der Waals surface area contributed by atoms with Crippen molar-refractivity contribution >= 4 is 16.6 Å². The van der Waals surface area contributed by atoms with Crippen LogP contribution in [0.5, 0.6) is 5.75 Å². The van der Waals surface area contributed by atoms with E-state index in [4.69, 9.17) is 4.74 Å². The number of carbonyl (C=O) groups excluding carboxylic acids is 1. The molecule has 1 aliphatic heterocycles. The monoisotopic (exact) mass is 266 g/mol. The molecule has 0 saturated heterocycles. The van der Waals surface area contributed by atoms with Gasteiger partial charge in [-0.15, -0.1) is 0 Å². The van der Waals surface area contributed by atoms with Crippen molar-refractivity contribution in [2.24, 2.45) is 0 Å². The van der Waals surface area contributed by atoms with Gasteiger partial charge in [0.2, 0.25) is 0 Å².